The van der Waals surface area contributed by atoms with Crippen molar-refractivity contribution in [3.8, 4) is 12.3 Å². The molecule has 80 valence electrons. The lowest BCUT2D eigenvalue weighted by molar-refractivity contribution is 0.518. The van der Waals surface area contributed by atoms with Gasteiger partial charge in [0.1, 0.15) is 5.82 Å². The van der Waals surface area contributed by atoms with E-state index in [9.17, 15) is 4.39 Å². The summed E-state index contributed by atoms with van der Waals surface area (Å²) in [5.74, 6) is 7.72. The van der Waals surface area contributed by atoms with Crippen molar-refractivity contribution < 1.29 is 4.39 Å². The largest absolute Gasteiger partial charge is 0.271 e. The monoisotopic (exact) mass is 206 g/mol. The first-order valence-electron chi connectivity index (χ1n) is 4.84. The second-order valence-electron chi connectivity index (χ2n) is 3.47. The summed E-state index contributed by atoms with van der Waals surface area (Å²) in [4.78, 5) is 0. The van der Waals surface area contributed by atoms with E-state index in [0.717, 1.165) is 5.56 Å². The molecule has 0 spiro atoms. The van der Waals surface area contributed by atoms with E-state index in [1.807, 2.05) is 6.07 Å². The van der Waals surface area contributed by atoms with E-state index in [1.165, 1.54) is 6.07 Å². The molecule has 0 heterocycles. The van der Waals surface area contributed by atoms with Gasteiger partial charge in [0.05, 0.1) is 0 Å². The van der Waals surface area contributed by atoms with Crippen molar-refractivity contribution in [2.24, 2.45) is 5.84 Å². The summed E-state index contributed by atoms with van der Waals surface area (Å²) in [6, 6.07) is 5.01. The van der Waals surface area contributed by atoms with Crippen LogP contribution < -0.4 is 11.3 Å². The molecule has 1 rings (SSSR count). The van der Waals surface area contributed by atoms with Crippen LogP contribution in [0, 0.1) is 25.1 Å². The molecule has 0 amide bonds. The van der Waals surface area contributed by atoms with Gasteiger partial charge in [0.25, 0.3) is 0 Å². The van der Waals surface area contributed by atoms with Gasteiger partial charge in [0.15, 0.2) is 0 Å². The van der Waals surface area contributed by atoms with Crippen molar-refractivity contribution in [3.05, 3.63) is 35.1 Å². The Balaban J connectivity index is 2.83. The second kappa shape index (κ2) is 5.50. The Bertz CT molecular complexity index is 368. The van der Waals surface area contributed by atoms with Crippen LogP contribution in [-0.2, 0) is 0 Å². The first kappa shape index (κ1) is 11.7. The zero-order valence-corrected chi connectivity index (χ0v) is 8.76. The lowest BCUT2D eigenvalue weighted by Gasteiger charge is -2.15. The Kier molecular flexibility index (Phi) is 4.29. The van der Waals surface area contributed by atoms with Gasteiger partial charge in [0.2, 0.25) is 0 Å². The van der Waals surface area contributed by atoms with Crippen LogP contribution in [-0.4, -0.2) is 0 Å². The van der Waals surface area contributed by atoms with Crippen LogP contribution in [0.2, 0.25) is 0 Å². The molecule has 3 heteroatoms. The molecule has 2 nitrogen and oxygen atoms in total. The third-order valence-corrected chi connectivity index (χ3v) is 2.38. The smallest absolute Gasteiger partial charge is 0.126 e. The van der Waals surface area contributed by atoms with Gasteiger partial charge in [-0.3, -0.25) is 11.3 Å². The van der Waals surface area contributed by atoms with Crippen LogP contribution in [0.5, 0.6) is 0 Å². The number of terminal acetylenes is 1. The molecule has 0 radical (unpaired) electrons. The molecule has 0 saturated carbocycles. The van der Waals surface area contributed by atoms with E-state index in [0.29, 0.717) is 18.4 Å². The van der Waals surface area contributed by atoms with Gasteiger partial charge >= 0.3 is 0 Å². The molecule has 0 aromatic heterocycles. The number of nitrogens with two attached hydrogens (primary N) is 1. The number of hydrazine groups is 1. The number of hydrogen-bond donors (Lipinski definition) is 2. The summed E-state index contributed by atoms with van der Waals surface area (Å²) in [6.45, 7) is 1.73. The molecule has 15 heavy (non-hydrogen) atoms. The Hall–Kier alpha value is -1.37. The quantitative estimate of drug-likeness (QED) is 0.449. The lowest BCUT2D eigenvalue weighted by atomic mass is 10.0. The van der Waals surface area contributed by atoms with E-state index in [4.69, 9.17) is 12.3 Å². The van der Waals surface area contributed by atoms with Crippen LogP contribution in [0.25, 0.3) is 0 Å². The van der Waals surface area contributed by atoms with Gasteiger partial charge in [-0.1, -0.05) is 12.1 Å². The summed E-state index contributed by atoms with van der Waals surface area (Å²) in [7, 11) is 0. The van der Waals surface area contributed by atoms with Crippen molar-refractivity contribution in [2.75, 3.05) is 0 Å². The third kappa shape index (κ3) is 3.05. The molecule has 0 aliphatic rings. The Morgan fingerprint density at radius 3 is 2.87 bits per heavy atom. The van der Waals surface area contributed by atoms with E-state index < -0.39 is 0 Å². The average Bonchev–Trinajstić information content (AvgIpc) is 2.24. The highest BCUT2D eigenvalue weighted by atomic mass is 19.1. The molecular weight excluding hydrogens is 191 g/mol. The van der Waals surface area contributed by atoms with E-state index in [2.05, 4.69) is 11.3 Å². The topological polar surface area (TPSA) is 38.0 Å². The molecule has 1 unspecified atom stereocenters. The van der Waals surface area contributed by atoms with Crippen LogP contribution in [0.15, 0.2) is 18.2 Å². The summed E-state index contributed by atoms with van der Waals surface area (Å²) < 4.78 is 13.3. The minimum Gasteiger partial charge on any atom is -0.271 e. The molecule has 3 N–H and O–H groups in total. The van der Waals surface area contributed by atoms with E-state index >= 15 is 0 Å². The molecule has 0 aliphatic carbocycles. The standard InChI is InChI=1S/C12H15FN2/c1-3-4-5-12(15-14)10-7-6-9(2)11(13)8-10/h1,6-8,12,15H,4-5,14H2,2H3. The fourth-order valence-corrected chi connectivity index (χ4v) is 1.40. The summed E-state index contributed by atoms with van der Waals surface area (Å²) >= 11 is 0. The molecule has 1 aromatic rings. The van der Waals surface area contributed by atoms with Crippen LogP contribution in [0.4, 0.5) is 4.39 Å². The van der Waals surface area contributed by atoms with Crippen LogP contribution in [0.1, 0.15) is 30.0 Å². The van der Waals surface area contributed by atoms with Crippen molar-refractivity contribution in [2.45, 2.75) is 25.8 Å². The van der Waals surface area contributed by atoms with Crippen molar-refractivity contribution in [1.29, 1.82) is 0 Å². The zero-order chi connectivity index (χ0) is 11.3. The maximum absolute atomic E-state index is 13.3. The molecule has 0 fully saturated rings. The van der Waals surface area contributed by atoms with E-state index in [-0.39, 0.29) is 11.9 Å². The molecular formula is C12H15FN2. The summed E-state index contributed by atoms with van der Waals surface area (Å²) in [6.07, 6.45) is 6.49. The average molecular weight is 206 g/mol. The normalized spacial score (nSPS) is 12.1. The number of aryl methyl sites for hydroxylation is 1. The van der Waals surface area contributed by atoms with Crippen molar-refractivity contribution >= 4 is 0 Å². The minimum absolute atomic E-state index is 0.0869. The Morgan fingerprint density at radius 1 is 1.60 bits per heavy atom. The minimum atomic E-state index is -0.214. The molecule has 1 aromatic carbocycles. The van der Waals surface area contributed by atoms with Gasteiger partial charge < -0.3 is 0 Å². The van der Waals surface area contributed by atoms with Gasteiger partial charge in [-0.25, -0.2) is 4.39 Å². The number of rotatable bonds is 4. The Labute approximate surface area is 89.6 Å². The predicted octanol–water partition coefficient (Wildman–Crippen LogP) is 2.05. The van der Waals surface area contributed by atoms with Crippen molar-refractivity contribution in [1.82, 2.24) is 5.43 Å². The molecule has 1 atom stereocenters. The summed E-state index contributed by atoms with van der Waals surface area (Å²) in [5.41, 5.74) is 4.10. The van der Waals surface area contributed by atoms with Gasteiger partial charge in [-0.2, -0.15) is 0 Å². The molecule has 0 saturated heterocycles. The van der Waals surface area contributed by atoms with Crippen LogP contribution in [0.3, 0.4) is 0 Å². The van der Waals surface area contributed by atoms with Crippen LogP contribution >= 0.6 is 0 Å². The SMILES string of the molecule is C#CCCC(NN)c1ccc(C)c(F)c1. The second-order valence-corrected chi connectivity index (χ2v) is 3.47. The van der Waals surface area contributed by atoms with Gasteiger partial charge in [0, 0.05) is 12.5 Å². The highest BCUT2D eigenvalue weighted by Crippen LogP contribution is 2.19. The van der Waals surface area contributed by atoms with E-state index in [1.54, 1.807) is 13.0 Å². The highest BCUT2D eigenvalue weighted by molar-refractivity contribution is 5.25. The number of nitrogens with one attached hydrogen (secondary N) is 1. The molecule has 0 aliphatic heterocycles. The molecule has 0 bridgehead atoms. The zero-order valence-electron chi connectivity index (χ0n) is 8.76. The summed E-state index contributed by atoms with van der Waals surface area (Å²) in [5, 5.41) is 0. The highest BCUT2D eigenvalue weighted by Gasteiger charge is 2.10. The fraction of sp³-hybridized carbons (Fsp3) is 0.333. The first-order chi connectivity index (χ1) is 7.19. The number of hydrogen-bond acceptors (Lipinski definition) is 2. The number of halogens is 1. The van der Waals surface area contributed by atoms with Gasteiger partial charge in [-0.05, 0) is 30.5 Å². The maximum Gasteiger partial charge on any atom is 0.126 e. The van der Waals surface area contributed by atoms with Gasteiger partial charge in [-0.15, -0.1) is 12.3 Å². The van der Waals surface area contributed by atoms with Crippen molar-refractivity contribution in [3.63, 3.8) is 0 Å². The Morgan fingerprint density at radius 2 is 2.33 bits per heavy atom. The fourth-order valence-electron chi connectivity index (χ4n) is 1.40. The number of benzene rings is 1. The predicted molar refractivity (Wildman–Crippen MR) is 59.3 cm³/mol. The lowest BCUT2D eigenvalue weighted by Crippen LogP contribution is -2.28. The maximum atomic E-state index is 13.3. The third-order valence-electron chi connectivity index (χ3n) is 2.38. The first-order valence-corrected chi connectivity index (χ1v) is 4.84.